The fraction of sp³-hybridized carbons (Fsp3) is 0.500. The van der Waals surface area contributed by atoms with Gasteiger partial charge in [-0.3, -0.25) is 4.79 Å². The van der Waals surface area contributed by atoms with E-state index >= 15 is 0 Å². The highest BCUT2D eigenvalue weighted by atomic mass is 32.2. The van der Waals surface area contributed by atoms with Crippen LogP contribution in [0.15, 0.2) is 29.4 Å². The van der Waals surface area contributed by atoms with Gasteiger partial charge in [0.1, 0.15) is 6.54 Å². The predicted octanol–water partition coefficient (Wildman–Crippen LogP) is 1.98. The standard InChI is InChI=1S/C22H30N4OS/c1-16-7-5-6-8-19(16)15-25-11-13-26(14-12-25)21(27)10-9-20-17(2)23-22(28-4)24-18(20)3/h5-8H,9-15H2,1-4H3/p+1. The van der Waals surface area contributed by atoms with Crippen molar-refractivity contribution in [2.24, 2.45) is 0 Å². The molecule has 0 unspecified atom stereocenters. The SMILES string of the molecule is CSc1nc(C)c(CCC(=O)N2CC[NH+](Cc3ccccc3C)CC2)c(C)n1. The molecule has 1 N–H and O–H groups in total. The summed E-state index contributed by atoms with van der Waals surface area (Å²) in [5.41, 5.74) is 5.88. The van der Waals surface area contributed by atoms with Gasteiger partial charge in [0.05, 0.1) is 26.2 Å². The van der Waals surface area contributed by atoms with Gasteiger partial charge in [-0.05, 0) is 44.6 Å². The van der Waals surface area contributed by atoms with E-state index in [1.54, 1.807) is 16.7 Å². The number of hydrogen-bond acceptors (Lipinski definition) is 4. The Morgan fingerprint density at radius 3 is 2.36 bits per heavy atom. The van der Waals surface area contributed by atoms with Gasteiger partial charge in [0, 0.05) is 23.4 Å². The zero-order chi connectivity index (χ0) is 20.1. The minimum Gasteiger partial charge on any atom is -0.331 e. The summed E-state index contributed by atoms with van der Waals surface area (Å²) in [4.78, 5) is 25.3. The number of nitrogens with zero attached hydrogens (tertiary/aromatic N) is 3. The van der Waals surface area contributed by atoms with E-state index in [1.807, 2.05) is 25.0 Å². The van der Waals surface area contributed by atoms with Crippen LogP contribution in [0, 0.1) is 20.8 Å². The highest BCUT2D eigenvalue weighted by Crippen LogP contribution is 2.17. The molecule has 1 aromatic heterocycles. The zero-order valence-electron chi connectivity index (χ0n) is 17.4. The molecule has 0 atom stereocenters. The van der Waals surface area contributed by atoms with Gasteiger partial charge in [-0.25, -0.2) is 9.97 Å². The Bertz CT molecular complexity index is 808. The number of thioether (sulfide) groups is 1. The Morgan fingerprint density at radius 1 is 1.11 bits per heavy atom. The molecule has 28 heavy (non-hydrogen) atoms. The molecule has 3 rings (SSSR count). The minimum atomic E-state index is 0.252. The van der Waals surface area contributed by atoms with Crippen molar-refractivity contribution in [2.45, 2.75) is 45.3 Å². The van der Waals surface area contributed by atoms with E-state index in [9.17, 15) is 4.79 Å². The number of carbonyl (C=O) groups excluding carboxylic acids is 1. The van der Waals surface area contributed by atoms with Gasteiger partial charge in [0.15, 0.2) is 5.16 Å². The molecular weight excluding hydrogens is 368 g/mol. The molecule has 2 heterocycles. The highest BCUT2D eigenvalue weighted by molar-refractivity contribution is 7.98. The van der Waals surface area contributed by atoms with E-state index in [4.69, 9.17) is 0 Å². The molecule has 2 aromatic rings. The molecule has 0 saturated carbocycles. The first-order valence-corrected chi connectivity index (χ1v) is 11.2. The Kier molecular flexibility index (Phi) is 7.08. The lowest BCUT2D eigenvalue weighted by Crippen LogP contribution is -3.13. The van der Waals surface area contributed by atoms with Crippen LogP contribution in [0.1, 0.15) is 34.5 Å². The molecule has 150 valence electrons. The van der Waals surface area contributed by atoms with Gasteiger partial charge >= 0.3 is 0 Å². The summed E-state index contributed by atoms with van der Waals surface area (Å²) < 4.78 is 0. The zero-order valence-corrected chi connectivity index (χ0v) is 18.2. The fourth-order valence-corrected chi connectivity index (χ4v) is 4.34. The van der Waals surface area contributed by atoms with Crippen LogP contribution in [-0.4, -0.2) is 53.2 Å². The summed E-state index contributed by atoms with van der Waals surface area (Å²) in [6.45, 7) is 11.0. The van der Waals surface area contributed by atoms with Crippen LogP contribution in [0.4, 0.5) is 0 Å². The van der Waals surface area contributed by atoms with Crippen LogP contribution in [-0.2, 0) is 17.8 Å². The van der Waals surface area contributed by atoms with E-state index in [2.05, 4.69) is 41.2 Å². The number of aryl methyl sites for hydroxylation is 3. The average Bonchev–Trinajstić information content (AvgIpc) is 2.69. The van der Waals surface area contributed by atoms with Gasteiger partial charge in [-0.2, -0.15) is 0 Å². The van der Waals surface area contributed by atoms with Crippen molar-refractivity contribution in [3.8, 4) is 0 Å². The molecule has 0 aliphatic carbocycles. The molecule has 1 saturated heterocycles. The molecule has 1 aliphatic heterocycles. The molecule has 1 amide bonds. The van der Waals surface area contributed by atoms with Crippen LogP contribution in [0.25, 0.3) is 0 Å². The van der Waals surface area contributed by atoms with Crippen molar-refractivity contribution in [1.29, 1.82) is 0 Å². The van der Waals surface area contributed by atoms with Crippen LogP contribution >= 0.6 is 11.8 Å². The van der Waals surface area contributed by atoms with Gasteiger partial charge in [-0.15, -0.1) is 0 Å². The largest absolute Gasteiger partial charge is 0.331 e. The maximum atomic E-state index is 12.7. The number of quaternary nitrogens is 1. The second-order valence-corrected chi connectivity index (χ2v) is 8.37. The maximum absolute atomic E-state index is 12.7. The lowest BCUT2D eigenvalue weighted by molar-refractivity contribution is -0.917. The topological polar surface area (TPSA) is 50.5 Å². The van der Waals surface area contributed by atoms with Gasteiger partial charge in [0.2, 0.25) is 5.91 Å². The lowest BCUT2D eigenvalue weighted by Gasteiger charge is -2.32. The van der Waals surface area contributed by atoms with E-state index in [0.717, 1.165) is 61.3 Å². The quantitative estimate of drug-likeness (QED) is 0.596. The van der Waals surface area contributed by atoms with Crippen molar-refractivity contribution in [1.82, 2.24) is 14.9 Å². The number of rotatable bonds is 6. The highest BCUT2D eigenvalue weighted by Gasteiger charge is 2.24. The average molecular weight is 400 g/mol. The number of benzene rings is 1. The second-order valence-electron chi connectivity index (χ2n) is 7.59. The predicted molar refractivity (Wildman–Crippen MR) is 114 cm³/mol. The first-order chi connectivity index (χ1) is 13.5. The molecular formula is C22H31N4OS+. The van der Waals surface area contributed by atoms with Crippen LogP contribution in [0.3, 0.4) is 0 Å². The molecule has 6 heteroatoms. The minimum absolute atomic E-state index is 0.252. The summed E-state index contributed by atoms with van der Waals surface area (Å²) in [6.07, 6.45) is 3.25. The van der Waals surface area contributed by atoms with Gasteiger partial charge < -0.3 is 9.80 Å². The molecule has 0 bridgehead atoms. The third-order valence-corrected chi connectivity index (χ3v) is 6.24. The Balaban J connectivity index is 1.50. The first kappa shape index (κ1) is 20.8. The van der Waals surface area contributed by atoms with Crippen LogP contribution < -0.4 is 4.90 Å². The van der Waals surface area contributed by atoms with E-state index in [0.29, 0.717) is 6.42 Å². The summed E-state index contributed by atoms with van der Waals surface area (Å²) >= 11 is 1.55. The van der Waals surface area contributed by atoms with Crippen LogP contribution in [0.2, 0.25) is 0 Å². The number of piperazine rings is 1. The molecule has 1 aromatic carbocycles. The Labute approximate surface area is 172 Å². The molecule has 5 nitrogen and oxygen atoms in total. The van der Waals surface area contributed by atoms with Crippen LogP contribution in [0.5, 0.6) is 0 Å². The van der Waals surface area contributed by atoms with E-state index < -0.39 is 0 Å². The Hall–Kier alpha value is -1.92. The number of amides is 1. The molecule has 0 spiro atoms. The lowest BCUT2D eigenvalue weighted by atomic mass is 10.1. The third-order valence-electron chi connectivity index (χ3n) is 5.70. The number of aromatic nitrogens is 2. The molecule has 0 radical (unpaired) electrons. The molecule has 1 aliphatic rings. The van der Waals surface area contributed by atoms with Crippen molar-refractivity contribution < 1.29 is 9.69 Å². The monoisotopic (exact) mass is 399 g/mol. The van der Waals surface area contributed by atoms with Gasteiger partial charge in [-0.1, -0.05) is 36.0 Å². The number of hydrogen-bond donors (Lipinski definition) is 1. The second kappa shape index (κ2) is 9.52. The van der Waals surface area contributed by atoms with Gasteiger partial charge in [0.25, 0.3) is 0 Å². The number of carbonyl (C=O) groups is 1. The summed E-state index contributed by atoms with van der Waals surface area (Å²) in [6, 6.07) is 8.59. The normalized spacial score (nSPS) is 15.1. The van der Waals surface area contributed by atoms with E-state index in [-0.39, 0.29) is 5.91 Å². The Morgan fingerprint density at radius 2 is 1.75 bits per heavy atom. The smallest absolute Gasteiger partial charge is 0.223 e. The maximum Gasteiger partial charge on any atom is 0.223 e. The van der Waals surface area contributed by atoms with E-state index in [1.165, 1.54) is 11.1 Å². The van der Waals surface area contributed by atoms with Crippen molar-refractivity contribution in [3.63, 3.8) is 0 Å². The number of nitrogens with one attached hydrogen (secondary N) is 1. The van der Waals surface area contributed by atoms with Crippen molar-refractivity contribution >= 4 is 17.7 Å². The first-order valence-electron chi connectivity index (χ1n) is 10.0. The summed E-state index contributed by atoms with van der Waals surface area (Å²) in [5.74, 6) is 0.252. The summed E-state index contributed by atoms with van der Waals surface area (Å²) in [5, 5.41) is 0.804. The van der Waals surface area contributed by atoms with Crippen molar-refractivity contribution in [2.75, 3.05) is 32.4 Å². The third kappa shape index (κ3) is 5.11. The fourth-order valence-electron chi connectivity index (χ4n) is 3.88. The van der Waals surface area contributed by atoms with Crippen molar-refractivity contribution in [3.05, 3.63) is 52.3 Å². The molecule has 1 fully saturated rings. The summed E-state index contributed by atoms with van der Waals surface area (Å²) in [7, 11) is 0.